The molecule has 1 aliphatic carbocycles. The standard InChI is InChI=1S/C15H26N.BrH/c1-3-11-16(12-4-2)13-7-9-14-8-5-6-10-15(14)16;/h3-4,14-15H,1-2,5-13H2;1H/q+1;/p-1. The maximum atomic E-state index is 3.97. The summed E-state index contributed by atoms with van der Waals surface area (Å²) in [6.07, 6.45) is 12.9. The van der Waals surface area contributed by atoms with Crippen molar-refractivity contribution in [2.45, 2.75) is 44.6 Å². The molecule has 0 radical (unpaired) electrons. The van der Waals surface area contributed by atoms with Crippen LogP contribution in [0.4, 0.5) is 0 Å². The number of quaternary nitrogens is 1. The number of halogens is 1. The van der Waals surface area contributed by atoms with Crippen molar-refractivity contribution in [3.8, 4) is 0 Å². The van der Waals surface area contributed by atoms with E-state index in [1.54, 1.807) is 0 Å². The predicted molar refractivity (Wildman–Crippen MR) is 70.2 cm³/mol. The highest BCUT2D eigenvalue weighted by Gasteiger charge is 2.44. The minimum absolute atomic E-state index is 0. The predicted octanol–water partition coefficient (Wildman–Crippen LogP) is 0.532. The summed E-state index contributed by atoms with van der Waals surface area (Å²) >= 11 is 0. The molecule has 2 rings (SSSR count). The second kappa shape index (κ2) is 6.75. The first-order valence-electron chi connectivity index (χ1n) is 6.90. The summed E-state index contributed by atoms with van der Waals surface area (Å²) in [7, 11) is 0. The SMILES string of the molecule is C=CC[N+]1(CC=C)CCCC2CCCCC21.[Br-]. The molecule has 1 aliphatic heterocycles. The molecule has 1 nitrogen and oxygen atoms in total. The molecule has 17 heavy (non-hydrogen) atoms. The van der Waals surface area contributed by atoms with Gasteiger partial charge in [0.15, 0.2) is 0 Å². The first-order chi connectivity index (χ1) is 7.82. The Balaban J connectivity index is 0.00000144. The molecule has 0 bridgehead atoms. The van der Waals surface area contributed by atoms with Crippen molar-refractivity contribution in [3.05, 3.63) is 25.3 Å². The third-order valence-electron chi connectivity index (χ3n) is 4.74. The number of rotatable bonds is 4. The average molecular weight is 300 g/mol. The molecule has 0 amide bonds. The molecule has 0 spiro atoms. The molecule has 0 aromatic heterocycles. The quantitative estimate of drug-likeness (QED) is 0.525. The monoisotopic (exact) mass is 299 g/mol. The second-order valence-corrected chi connectivity index (χ2v) is 5.64. The van der Waals surface area contributed by atoms with Crippen LogP contribution in [0.5, 0.6) is 0 Å². The molecule has 2 fully saturated rings. The van der Waals surface area contributed by atoms with Gasteiger partial charge in [-0.25, -0.2) is 0 Å². The zero-order valence-electron chi connectivity index (χ0n) is 10.9. The van der Waals surface area contributed by atoms with E-state index in [2.05, 4.69) is 25.3 Å². The summed E-state index contributed by atoms with van der Waals surface area (Å²) in [5, 5.41) is 0. The van der Waals surface area contributed by atoms with Crippen LogP contribution >= 0.6 is 0 Å². The van der Waals surface area contributed by atoms with Crippen LogP contribution in [0.15, 0.2) is 25.3 Å². The second-order valence-electron chi connectivity index (χ2n) is 5.64. The highest BCUT2D eigenvalue weighted by Crippen LogP contribution is 2.39. The van der Waals surface area contributed by atoms with Crippen molar-refractivity contribution >= 4 is 0 Å². The molecule has 1 saturated carbocycles. The molecular formula is C15H26BrN. The molecule has 2 atom stereocenters. The number of hydrogen-bond donors (Lipinski definition) is 0. The highest BCUT2D eigenvalue weighted by atomic mass is 79.9. The van der Waals surface area contributed by atoms with Gasteiger partial charge in [0, 0.05) is 5.92 Å². The fraction of sp³-hybridized carbons (Fsp3) is 0.733. The number of nitrogens with zero attached hydrogens (tertiary/aromatic N) is 1. The Bertz CT molecular complexity index is 250. The van der Waals surface area contributed by atoms with Gasteiger partial charge in [-0.15, -0.1) is 0 Å². The minimum atomic E-state index is 0. The van der Waals surface area contributed by atoms with Gasteiger partial charge in [0.25, 0.3) is 0 Å². The smallest absolute Gasteiger partial charge is 0.0975 e. The summed E-state index contributed by atoms with van der Waals surface area (Å²) in [5.41, 5.74) is 0. The van der Waals surface area contributed by atoms with Crippen molar-refractivity contribution in [1.82, 2.24) is 0 Å². The van der Waals surface area contributed by atoms with Gasteiger partial charge in [0.2, 0.25) is 0 Å². The van der Waals surface area contributed by atoms with Crippen LogP contribution in [0.25, 0.3) is 0 Å². The molecule has 98 valence electrons. The lowest BCUT2D eigenvalue weighted by molar-refractivity contribution is -0.950. The maximum absolute atomic E-state index is 3.97. The van der Waals surface area contributed by atoms with E-state index in [0.717, 1.165) is 25.0 Å². The van der Waals surface area contributed by atoms with E-state index in [4.69, 9.17) is 0 Å². The molecular weight excluding hydrogens is 274 g/mol. The van der Waals surface area contributed by atoms with E-state index >= 15 is 0 Å². The lowest BCUT2D eigenvalue weighted by Crippen LogP contribution is -3.00. The zero-order chi connectivity index (χ0) is 11.4. The van der Waals surface area contributed by atoms with Crippen molar-refractivity contribution in [1.29, 1.82) is 0 Å². The molecule has 2 unspecified atom stereocenters. The Hall–Kier alpha value is -0.0800. The van der Waals surface area contributed by atoms with E-state index in [9.17, 15) is 0 Å². The first-order valence-corrected chi connectivity index (χ1v) is 6.90. The molecule has 1 saturated heterocycles. The minimum Gasteiger partial charge on any atom is -1.00 e. The fourth-order valence-electron chi connectivity index (χ4n) is 4.12. The van der Waals surface area contributed by atoms with Gasteiger partial charge in [0.05, 0.1) is 25.7 Å². The Morgan fingerprint density at radius 3 is 2.18 bits per heavy atom. The summed E-state index contributed by atoms with van der Waals surface area (Å²) in [5.74, 6) is 0.988. The van der Waals surface area contributed by atoms with Gasteiger partial charge in [-0.05, 0) is 44.3 Å². The molecule has 2 heteroatoms. The summed E-state index contributed by atoms with van der Waals surface area (Å²) in [6, 6.07) is 0.901. The van der Waals surface area contributed by atoms with Gasteiger partial charge in [-0.1, -0.05) is 19.6 Å². The van der Waals surface area contributed by atoms with Gasteiger partial charge < -0.3 is 21.5 Å². The first kappa shape index (κ1) is 15.0. The van der Waals surface area contributed by atoms with Crippen LogP contribution in [-0.2, 0) is 0 Å². The number of likely N-dealkylation sites (tertiary alicyclic amines) is 1. The third kappa shape index (κ3) is 3.03. The highest BCUT2D eigenvalue weighted by molar-refractivity contribution is 4.85. The van der Waals surface area contributed by atoms with E-state index in [-0.39, 0.29) is 17.0 Å². The van der Waals surface area contributed by atoms with Gasteiger partial charge in [0.1, 0.15) is 0 Å². The van der Waals surface area contributed by atoms with Crippen LogP contribution in [0, 0.1) is 5.92 Å². The summed E-state index contributed by atoms with van der Waals surface area (Å²) in [6.45, 7) is 11.6. The van der Waals surface area contributed by atoms with Crippen molar-refractivity contribution in [2.24, 2.45) is 5.92 Å². The Labute approximate surface area is 117 Å². The number of piperidine rings is 1. The van der Waals surface area contributed by atoms with Crippen LogP contribution < -0.4 is 17.0 Å². The van der Waals surface area contributed by atoms with Crippen LogP contribution in [0.3, 0.4) is 0 Å². The number of hydrogen-bond acceptors (Lipinski definition) is 0. The fourth-order valence-corrected chi connectivity index (χ4v) is 4.12. The summed E-state index contributed by atoms with van der Waals surface area (Å²) in [4.78, 5) is 0. The molecule has 0 aromatic carbocycles. The Morgan fingerprint density at radius 2 is 1.53 bits per heavy atom. The largest absolute Gasteiger partial charge is 1.00 e. The number of fused-ring (bicyclic) bond motifs is 1. The Morgan fingerprint density at radius 1 is 0.941 bits per heavy atom. The van der Waals surface area contributed by atoms with Crippen LogP contribution in [0.2, 0.25) is 0 Å². The lowest BCUT2D eigenvalue weighted by Gasteiger charge is -2.52. The van der Waals surface area contributed by atoms with E-state index in [1.807, 2.05) is 0 Å². The van der Waals surface area contributed by atoms with Crippen molar-refractivity contribution < 1.29 is 21.5 Å². The van der Waals surface area contributed by atoms with E-state index in [1.165, 1.54) is 49.6 Å². The topological polar surface area (TPSA) is 0 Å². The Kier molecular flexibility index (Phi) is 5.94. The van der Waals surface area contributed by atoms with E-state index in [0.29, 0.717) is 0 Å². The molecule has 2 aliphatic rings. The van der Waals surface area contributed by atoms with Crippen LogP contribution in [0.1, 0.15) is 38.5 Å². The third-order valence-corrected chi connectivity index (χ3v) is 4.74. The van der Waals surface area contributed by atoms with Gasteiger partial charge in [-0.3, -0.25) is 0 Å². The molecule has 1 heterocycles. The van der Waals surface area contributed by atoms with Crippen LogP contribution in [-0.4, -0.2) is 30.2 Å². The van der Waals surface area contributed by atoms with E-state index < -0.39 is 0 Å². The lowest BCUT2D eigenvalue weighted by atomic mass is 9.76. The average Bonchev–Trinajstić information content (AvgIpc) is 2.30. The normalized spacial score (nSPS) is 30.8. The zero-order valence-corrected chi connectivity index (χ0v) is 12.5. The molecule has 0 N–H and O–H groups in total. The van der Waals surface area contributed by atoms with Gasteiger partial charge >= 0.3 is 0 Å². The molecule has 0 aromatic rings. The van der Waals surface area contributed by atoms with Crippen molar-refractivity contribution in [2.75, 3.05) is 19.6 Å². The van der Waals surface area contributed by atoms with Crippen molar-refractivity contribution in [3.63, 3.8) is 0 Å². The maximum Gasteiger partial charge on any atom is 0.0975 e. The van der Waals surface area contributed by atoms with Gasteiger partial charge in [-0.2, -0.15) is 0 Å². The summed E-state index contributed by atoms with van der Waals surface area (Å²) < 4.78 is 1.26.